The van der Waals surface area contributed by atoms with Crippen LogP contribution in [0.15, 0.2) is 28.7 Å². The zero-order valence-corrected chi connectivity index (χ0v) is 10.5. The van der Waals surface area contributed by atoms with E-state index >= 15 is 0 Å². The molecule has 3 heteroatoms. The second-order valence-electron chi connectivity index (χ2n) is 3.15. The molecule has 0 saturated heterocycles. The molecule has 14 heavy (non-hydrogen) atoms. The Labute approximate surface area is 98.5 Å². The van der Waals surface area contributed by atoms with E-state index in [1.807, 2.05) is 12.1 Å². The summed E-state index contributed by atoms with van der Waals surface area (Å²) in [6, 6.07) is 8.13. The Balaban J connectivity index is 2.43. The highest BCUT2D eigenvalue weighted by molar-refractivity contribution is 9.10. The van der Waals surface area contributed by atoms with Gasteiger partial charge in [0.25, 0.3) is 0 Å². The quantitative estimate of drug-likeness (QED) is 0.580. The Morgan fingerprint density at radius 1 is 1.36 bits per heavy atom. The summed E-state index contributed by atoms with van der Waals surface area (Å²) in [5.74, 6) is 0. The number of rotatable bonds is 5. The summed E-state index contributed by atoms with van der Waals surface area (Å²) in [6.45, 7) is 0.778. The van der Waals surface area contributed by atoms with Crippen LogP contribution in [0.2, 0.25) is 0 Å². The molecule has 0 N–H and O–H groups in total. The van der Waals surface area contributed by atoms with Crippen LogP contribution in [0.5, 0.6) is 0 Å². The molecule has 78 valence electrons. The number of halogens is 2. The Kier molecular flexibility index (Phi) is 5.53. The van der Waals surface area contributed by atoms with Crippen LogP contribution in [0, 0.1) is 0 Å². The van der Waals surface area contributed by atoms with Crippen molar-refractivity contribution in [3.63, 3.8) is 0 Å². The van der Waals surface area contributed by atoms with Crippen molar-refractivity contribution in [2.75, 3.05) is 13.7 Å². The van der Waals surface area contributed by atoms with Crippen LogP contribution in [0.3, 0.4) is 0 Å². The lowest BCUT2D eigenvalue weighted by Gasteiger charge is -2.09. The van der Waals surface area contributed by atoms with Gasteiger partial charge >= 0.3 is 0 Å². The van der Waals surface area contributed by atoms with Crippen LogP contribution >= 0.6 is 27.5 Å². The number of ether oxygens (including phenoxy) is 1. The van der Waals surface area contributed by atoms with Gasteiger partial charge in [0.2, 0.25) is 0 Å². The summed E-state index contributed by atoms with van der Waals surface area (Å²) < 4.78 is 6.07. The Morgan fingerprint density at radius 2 is 2.00 bits per heavy atom. The Hall–Kier alpha value is -0.0500. The lowest BCUT2D eigenvalue weighted by Crippen LogP contribution is -1.94. The average Bonchev–Trinajstić information content (AvgIpc) is 2.19. The number of hydrogen-bond acceptors (Lipinski definition) is 1. The first-order chi connectivity index (χ1) is 6.74. The van der Waals surface area contributed by atoms with Crippen molar-refractivity contribution < 1.29 is 4.74 Å². The van der Waals surface area contributed by atoms with Gasteiger partial charge in [-0.05, 0) is 30.5 Å². The topological polar surface area (TPSA) is 9.23 Å². The van der Waals surface area contributed by atoms with Gasteiger partial charge in [0.1, 0.15) is 0 Å². The van der Waals surface area contributed by atoms with E-state index in [0.717, 1.165) is 23.9 Å². The summed E-state index contributed by atoms with van der Waals surface area (Å²) >= 11 is 9.62. The van der Waals surface area contributed by atoms with Gasteiger partial charge in [-0.2, -0.15) is 0 Å². The predicted molar refractivity (Wildman–Crippen MR) is 63.8 cm³/mol. The van der Waals surface area contributed by atoms with Gasteiger partial charge < -0.3 is 4.74 Å². The standard InChI is InChI=1S/C11H14BrClO/c1-14-8-2-3-11(13)9-4-6-10(12)7-5-9/h4-7,11H,2-3,8H2,1H3. The van der Waals surface area contributed by atoms with E-state index in [1.54, 1.807) is 7.11 Å². The number of hydrogen-bond donors (Lipinski definition) is 0. The molecular weight excluding hydrogens is 263 g/mol. The first-order valence-electron chi connectivity index (χ1n) is 4.62. The van der Waals surface area contributed by atoms with Crippen molar-refractivity contribution >= 4 is 27.5 Å². The van der Waals surface area contributed by atoms with Crippen LogP contribution in [-0.2, 0) is 4.74 Å². The van der Waals surface area contributed by atoms with E-state index in [-0.39, 0.29) is 5.38 Å². The molecule has 0 aliphatic heterocycles. The van der Waals surface area contributed by atoms with Gasteiger partial charge in [-0.15, -0.1) is 11.6 Å². The molecule has 1 rings (SSSR count). The monoisotopic (exact) mass is 276 g/mol. The largest absolute Gasteiger partial charge is 0.385 e. The molecule has 1 unspecified atom stereocenters. The summed E-state index contributed by atoms with van der Waals surface area (Å²) in [4.78, 5) is 0. The minimum absolute atomic E-state index is 0.0956. The van der Waals surface area contributed by atoms with Gasteiger partial charge in [-0.3, -0.25) is 0 Å². The molecule has 0 fully saturated rings. The fraction of sp³-hybridized carbons (Fsp3) is 0.455. The van der Waals surface area contributed by atoms with E-state index in [4.69, 9.17) is 16.3 Å². The van der Waals surface area contributed by atoms with Crippen LogP contribution in [0.1, 0.15) is 23.8 Å². The van der Waals surface area contributed by atoms with Crippen molar-refractivity contribution in [3.05, 3.63) is 34.3 Å². The molecular formula is C11H14BrClO. The minimum Gasteiger partial charge on any atom is -0.385 e. The zero-order valence-electron chi connectivity index (χ0n) is 8.17. The minimum atomic E-state index is 0.0956. The predicted octanol–water partition coefficient (Wildman–Crippen LogP) is 4.16. The Morgan fingerprint density at radius 3 is 2.57 bits per heavy atom. The number of alkyl halides is 1. The highest BCUT2D eigenvalue weighted by Gasteiger charge is 2.06. The maximum atomic E-state index is 6.22. The van der Waals surface area contributed by atoms with E-state index in [2.05, 4.69) is 28.1 Å². The molecule has 0 radical (unpaired) electrons. The average molecular weight is 278 g/mol. The molecule has 0 amide bonds. The van der Waals surface area contributed by atoms with Crippen molar-refractivity contribution in [1.29, 1.82) is 0 Å². The molecule has 1 aromatic carbocycles. The first kappa shape index (κ1) is 12.0. The van der Waals surface area contributed by atoms with E-state index in [9.17, 15) is 0 Å². The van der Waals surface area contributed by atoms with E-state index in [1.165, 1.54) is 5.56 Å². The van der Waals surface area contributed by atoms with Gasteiger partial charge in [-0.25, -0.2) is 0 Å². The third-order valence-corrected chi connectivity index (χ3v) is 3.04. The lowest BCUT2D eigenvalue weighted by atomic mass is 10.1. The van der Waals surface area contributed by atoms with Crippen LogP contribution < -0.4 is 0 Å². The normalized spacial score (nSPS) is 12.8. The van der Waals surface area contributed by atoms with Crippen LogP contribution in [0.4, 0.5) is 0 Å². The number of benzene rings is 1. The second-order valence-corrected chi connectivity index (χ2v) is 4.60. The molecule has 0 aromatic heterocycles. The molecule has 1 nitrogen and oxygen atoms in total. The summed E-state index contributed by atoms with van der Waals surface area (Å²) in [7, 11) is 1.71. The van der Waals surface area contributed by atoms with E-state index in [0.29, 0.717) is 0 Å². The molecule has 0 heterocycles. The Bertz CT molecular complexity index is 260. The zero-order chi connectivity index (χ0) is 10.4. The highest BCUT2D eigenvalue weighted by Crippen LogP contribution is 2.26. The van der Waals surface area contributed by atoms with Crippen molar-refractivity contribution in [1.82, 2.24) is 0 Å². The van der Waals surface area contributed by atoms with Gasteiger partial charge in [0, 0.05) is 18.2 Å². The van der Waals surface area contributed by atoms with Crippen LogP contribution in [-0.4, -0.2) is 13.7 Å². The molecule has 0 aliphatic carbocycles. The smallest absolute Gasteiger partial charge is 0.0586 e. The van der Waals surface area contributed by atoms with Gasteiger partial charge in [-0.1, -0.05) is 28.1 Å². The third kappa shape index (κ3) is 3.99. The van der Waals surface area contributed by atoms with E-state index < -0.39 is 0 Å². The SMILES string of the molecule is COCCCC(Cl)c1ccc(Br)cc1. The third-order valence-electron chi connectivity index (χ3n) is 2.04. The van der Waals surface area contributed by atoms with Crippen molar-refractivity contribution in [2.45, 2.75) is 18.2 Å². The number of methoxy groups -OCH3 is 1. The first-order valence-corrected chi connectivity index (χ1v) is 5.85. The molecule has 0 spiro atoms. The summed E-state index contributed by atoms with van der Waals surface area (Å²) in [6.07, 6.45) is 1.96. The molecule has 1 atom stereocenters. The fourth-order valence-corrected chi connectivity index (χ4v) is 1.81. The highest BCUT2D eigenvalue weighted by atomic mass is 79.9. The van der Waals surface area contributed by atoms with Crippen molar-refractivity contribution in [3.8, 4) is 0 Å². The lowest BCUT2D eigenvalue weighted by molar-refractivity contribution is 0.192. The second kappa shape index (κ2) is 6.44. The van der Waals surface area contributed by atoms with Gasteiger partial charge in [0.05, 0.1) is 5.38 Å². The maximum Gasteiger partial charge on any atom is 0.0586 e. The van der Waals surface area contributed by atoms with Crippen molar-refractivity contribution in [2.24, 2.45) is 0 Å². The summed E-state index contributed by atoms with van der Waals surface area (Å²) in [5.41, 5.74) is 1.17. The fourth-order valence-electron chi connectivity index (χ4n) is 1.25. The molecule has 0 bridgehead atoms. The maximum absolute atomic E-state index is 6.22. The van der Waals surface area contributed by atoms with Gasteiger partial charge in [0.15, 0.2) is 0 Å². The molecule has 0 saturated carbocycles. The molecule has 0 aliphatic rings. The van der Waals surface area contributed by atoms with Crippen LogP contribution in [0.25, 0.3) is 0 Å². The summed E-state index contributed by atoms with van der Waals surface area (Å²) in [5, 5.41) is 0.0956. The molecule has 1 aromatic rings.